The molecule has 1 heterocycles. The minimum atomic E-state index is 0.108. The van der Waals surface area contributed by atoms with Crippen molar-refractivity contribution in [3.63, 3.8) is 0 Å². The minimum absolute atomic E-state index is 0.108. The molecule has 52 valence electrons. The summed E-state index contributed by atoms with van der Waals surface area (Å²) in [6.07, 6.45) is 1.63. The van der Waals surface area contributed by atoms with Crippen molar-refractivity contribution in [2.75, 3.05) is 4.93 Å². The van der Waals surface area contributed by atoms with Gasteiger partial charge in [-0.3, -0.25) is 0 Å². The summed E-state index contributed by atoms with van der Waals surface area (Å²) in [4.78, 5) is 6.30. The van der Waals surface area contributed by atoms with Crippen molar-refractivity contribution in [2.24, 2.45) is 0 Å². The van der Waals surface area contributed by atoms with E-state index in [1.165, 1.54) is 3.83 Å². The molecule has 0 fully saturated rings. The van der Waals surface area contributed by atoms with Gasteiger partial charge < -0.3 is 0 Å². The molecule has 0 atom stereocenters. The van der Waals surface area contributed by atoms with Crippen molar-refractivity contribution >= 4 is 0 Å². The van der Waals surface area contributed by atoms with Gasteiger partial charge in [-0.2, -0.15) is 0 Å². The quantitative estimate of drug-likeness (QED) is 0.411. The molecule has 0 aliphatic rings. The van der Waals surface area contributed by atoms with Gasteiger partial charge in [0.1, 0.15) is 0 Å². The first kappa shape index (κ1) is 6.98. The molecular weight excluding hydrogens is 229 g/mol. The molecule has 1 rings (SSSR count). The van der Waals surface area contributed by atoms with Gasteiger partial charge >= 0.3 is 64.5 Å². The van der Waals surface area contributed by atoms with E-state index in [0.29, 0.717) is 0 Å². The summed E-state index contributed by atoms with van der Waals surface area (Å²) in [5, 5.41) is 4.04. The topological polar surface area (TPSA) is 30.7 Å². The summed E-state index contributed by atoms with van der Waals surface area (Å²) >= 11 is 0.108. The number of hydrogen-bond donors (Lipinski definition) is 0. The van der Waals surface area contributed by atoms with E-state index in [2.05, 4.69) is 21.9 Å². The molecular formula is C5H9IN3-. The predicted molar refractivity (Wildman–Crippen MR) is 30.3 cm³/mol. The van der Waals surface area contributed by atoms with Crippen molar-refractivity contribution in [1.29, 1.82) is 0 Å². The Labute approximate surface area is 64.7 Å². The number of halogens is 1. The molecule has 0 radical (unpaired) electrons. The van der Waals surface area contributed by atoms with Gasteiger partial charge in [0.05, 0.1) is 0 Å². The molecule has 0 aliphatic carbocycles. The number of nitrogens with zero attached hydrogens (tertiary/aromatic N) is 3. The fourth-order valence-electron chi connectivity index (χ4n) is 0.609. The van der Waals surface area contributed by atoms with Gasteiger partial charge in [0.15, 0.2) is 0 Å². The van der Waals surface area contributed by atoms with Crippen LogP contribution < -0.4 is 21.2 Å². The van der Waals surface area contributed by atoms with Crippen molar-refractivity contribution in [2.45, 2.75) is 13.5 Å². The van der Waals surface area contributed by atoms with Crippen molar-refractivity contribution in [1.82, 2.24) is 14.8 Å². The van der Waals surface area contributed by atoms with Crippen LogP contribution in [0, 0.1) is 3.83 Å². The second kappa shape index (κ2) is 3.14. The van der Waals surface area contributed by atoms with E-state index in [9.17, 15) is 0 Å². The summed E-state index contributed by atoms with van der Waals surface area (Å²) in [7, 11) is 0. The molecule has 0 amide bonds. The molecule has 4 heteroatoms. The summed E-state index contributed by atoms with van der Waals surface area (Å²) in [5.41, 5.74) is 0. The van der Waals surface area contributed by atoms with Crippen LogP contribution in [0.15, 0.2) is 6.33 Å². The van der Waals surface area contributed by atoms with Crippen LogP contribution in [-0.4, -0.2) is 19.7 Å². The van der Waals surface area contributed by atoms with Gasteiger partial charge in [-0.1, -0.05) is 0 Å². The number of aromatic nitrogens is 3. The van der Waals surface area contributed by atoms with Crippen LogP contribution in [0.2, 0.25) is 0 Å². The molecule has 9 heavy (non-hydrogen) atoms. The van der Waals surface area contributed by atoms with Crippen LogP contribution in [0.3, 0.4) is 0 Å². The van der Waals surface area contributed by atoms with E-state index in [-0.39, 0.29) is 21.2 Å². The zero-order valence-corrected chi connectivity index (χ0v) is 7.66. The zero-order valence-electron chi connectivity index (χ0n) is 5.50. The first-order valence-electron chi connectivity index (χ1n) is 2.75. The Kier molecular flexibility index (Phi) is 2.44. The Morgan fingerprint density at radius 2 is 2.56 bits per heavy atom. The monoisotopic (exact) mass is 238 g/mol. The molecule has 0 bridgehead atoms. The molecule has 0 saturated heterocycles. The van der Waals surface area contributed by atoms with Gasteiger partial charge in [0, 0.05) is 0 Å². The maximum atomic E-state index is 4.11. The molecule has 0 spiro atoms. The molecule has 0 N–H and O–H groups in total. The molecule has 0 saturated carbocycles. The van der Waals surface area contributed by atoms with Crippen LogP contribution in [0.25, 0.3) is 0 Å². The Morgan fingerprint density at radius 3 is 3.00 bits per heavy atom. The van der Waals surface area contributed by atoms with Gasteiger partial charge in [-0.25, -0.2) is 0 Å². The molecule has 0 unspecified atom stereocenters. The van der Waals surface area contributed by atoms with Crippen LogP contribution in [0.4, 0.5) is 0 Å². The molecule has 1 aromatic rings. The van der Waals surface area contributed by atoms with Crippen molar-refractivity contribution in [3.05, 3.63) is 10.2 Å². The van der Waals surface area contributed by atoms with Gasteiger partial charge in [0.25, 0.3) is 0 Å². The summed E-state index contributed by atoms with van der Waals surface area (Å²) in [6, 6.07) is 0. The summed E-state index contributed by atoms with van der Waals surface area (Å²) in [5.74, 6) is 0. The van der Waals surface area contributed by atoms with Crippen molar-refractivity contribution < 1.29 is 21.2 Å². The van der Waals surface area contributed by atoms with Crippen LogP contribution >= 0.6 is 0 Å². The number of hydrogen-bond acceptors (Lipinski definition) is 2. The van der Waals surface area contributed by atoms with E-state index in [1.807, 2.05) is 4.68 Å². The van der Waals surface area contributed by atoms with E-state index in [1.54, 1.807) is 6.33 Å². The predicted octanol–water partition coefficient (Wildman–Crippen LogP) is -2.81. The third-order valence-corrected chi connectivity index (χ3v) is 2.84. The number of alkyl halides is 1. The SMILES string of the molecule is CCn1ncnc1[I-]C. The third-order valence-electron chi connectivity index (χ3n) is 1.04. The molecule has 3 nitrogen and oxygen atoms in total. The van der Waals surface area contributed by atoms with E-state index >= 15 is 0 Å². The van der Waals surface area contributed by atoms with Crippen LogP contribution in [-0.2, 0) is 6.54 Å². The Hall–Kier alpha value is -0.130. The van der Waals surface area contributed by atoms with Gasteiger partial charge in [-0.15, -0.1) is 0 Å². The fourth-order valence-corrected chi connectivity index (χ4v) is 2.03. The Bertz CT molecular complexity index is 166. The summed E-state index contributed by atoms with van der Waals surface area (Å²) < 4.78 is 3.13. The molecule has 1 aromatic heterocycles. The van der Waals surface area contributed by atoms with E-state index in [4.69, 9.17) is 0 Å². The van der Waals surface area contributed by atoms with Crippen LogP contribution in [0.5, 0.6) is 0 Å². The molecule has 0 aromatic carbocycles. The average molecular weight is 238 g/mol. The third kappa shape index (κ3) is 1.41. The number of rotatable bonds is 2. The standard InChI is InChI=1S/C5H9IN3/c1-3-9-5(6-2)7-4-8-9/h4H,3H2,1-2H3/q-1. The van der Waals surface area contributed by atoms with Gasteiger partial charge in [0.2, 0.25) is 0 Å². The Morgan fingerprint density at radius 1 is 1.78 bits per heavy atom. The first-order chi connectivity index (χ1) is 4.38. The first-order valence-corrected chi connectivity index (χ1v) is 5.99. The summed E-state index contributed by atoms with van der Waals surface area (Å²) in [6.45, 7) is 3.03. The van der Waals surface area contributed by atoms with Crippen molar-refractivity contribution in [3.8, 4) is 0 Å². The maximum absolute atomic E-state index is 4.11. The van der Waals surface area contributed by atoms with E-state index in [0.717, 1.165) is 6.54 Å². The van der Waals surface area contributed by atoms with Gasteiger partial charge in [-0.05, 0) is 0 Å². The molecule has 0 aliphatic heterocycles. The zero-order chi connectivity index (χ0) is 6.69. The number of aryl methyl sites for hydroxylation is 1. The normalized spacial score (nSPS) is 10.4. The Balaban J connectivity index is 2.85. The average Bonchev–Trinajstić information content (AvgIpc) is 2.33. The second-order valence-electron chi connectivity index (χ2n) is 1.53. The van der Waals surface area contributed by atoms with E-state index < -0.39 is 0 Å². The fraction of sp³-hybridized carbons (Fsp3) is 0.600. The second-order valence-corrected chi connectivity index (χ2v) is 3.58. The van der Waals surface area contributed by atoms with Crippen LogP contribution in [0.1, 0.15) is 6.92 Å².